The second-order valence-corrected chi connectivity index (χ2v) is 1.66. The van der Waals surface area contributed by atoms with Crippen molar-refractivity contribution in [3.05, 3.63) is 18.2 Å². The summed E-state index contributed by atoms with van der Waals surface area (Å²) in [7, 11) is 1.93. The van der Waals surface area contributed by atoms with Gasteiger partial charge in [-0.1, -0.05) is 27.7 Å². The molecule has 0 saturated carbocycles. The maximum Gasteiger partial charge on any atom is 0.122 e. The molecule has 0 unspecified atom stereocenters. The summed E-state index contributed by atoms with van der Waals surface area (Å²) >= 11 is 0. The minimum absolute atomic E-state index is 0.517. The predicted molar refractivity (Wildman–Crippen MR) is 53.8 cm³/mol. The lowest BCUT2D eigenvalue weighted by molar-refractivity contribution is 0.793. The third-order valence-corrected chi connectivity index (χ3v) is 1.10. The molecule has 0 amide bonds. The molecule has 0 saturated heterocycles. The van der Waals surface area contributed by atoms with Crippen molar-refractivity contribution < 1.29 is 0 Å². The van der Waals surface area contributed by atoms with Gasteiger partial charge in [0.1, 0.15) is 5.82 Å². The van der Waals surface area contributed by atoms with Crippen LogP contribution in [0.15, 0.2) is 12.4 Å². The minimum Gasteiger partial charge on any atom is -0.337 e. The highest BCUT2D eigenvalue weighted by molar-refractivity contribution is 4.88. The van der Waals surface area contributed by atoms with E-state index in [1.165, 1.54) is 0 Å². The Hall–Kier alpha value is -0.830. The molecule has 0 atom stereocenters. The fourth-order valence-corrected chi connectivity index (χ4v) is 0.593. The summed E-state index contributed by atoms with van der Waals surface area (Å²) in [5, 5.41) is 0. The molecule has 0 aliphatic rings. The Labute approximate surface area is 75.6 Å². The van der Waals surface area contributed by atoms with Crippen LogP contribution in [0.3, 0.4) is 0 Å². The number of rotatable bonds is 1. The molecule has 0 aliphatic heterocycles. The quantitative estimate of drug-likeness (QED) is 0.701. The van der Waals surface area contributed by atoms with E-state index in [1.807, 2.05) is 45.5 Å². The number of imidazole rings is 1. The lowest BCUT2D eigenvalue weighted by Crippen LogP contribution is -2.03. The van der Waals surface area contributed by atoms with E-state index in [-0.39, 0.29) is 0 Å². The molecule has 1 aromatic rings. The molecule has 2 N–H and O–H groups in total. The molecule has 0 fully saturated rings. The van der Waals surface area contributed by atoms with Crippen molar-refractivity contribution in [1.29, 1.82) is 0 Å². The van der Waals surface area contributed by atoms with Crippen LogP contribution in [0, 0.1) is 0 Å². The zero-order valence-electron chi connectivity index (χ0n) is 8.83. The molecule has 0 aliphatic carbocycles. The van der Waals surface area contributed by atoms with Crippen LogP contribution in [0.4, 0.5) is 0 Å². The molecule has 12 heavy (non-hydrogen) atoms. The van der Waals surface area contributed by atoms with Gasteiger partial charge in [-0.2, -0.15) is 0 Å². The van der Waals surface area contributed by atoms with Crippen molar-refractivity contribution in [3.63, 3.8) is 0 Å². The van der Waals surface area contributed by atoms with Gasteiger partial charge < -0.3 is 10.3 Å². The summed E-state index contributed by atoms with van der Waals surface area (Å²) in [4.78, 5) is 3.97. The Bertz CT molecular complexity index is 170. The van der Waals surface area contributed by atoms with Crippen molar-refractivity contribution in [3.8, 4) is 0 Å². The topological polar surface area (TPSA) is 43.8 Å². The number of aromatic nitrogens is 2. The third-order valence-electron chi connectivity index (χ3n) is 1.10. The molecule has 1 rings (SSSR count). The van der Waals surface area contributed by atoms with Crippen molar-refractivity contribution >= 4 is 0 Å². The van der Waals surface area contributed by atoms with Gasteiger partial charge in [0.25, 0.3) is 0 Å². The Kier molecular flexibility index (Phi) is 11.6. The zero-order valence-corrected chi connectivity index (χ0v) is 8.83. The Morgan fingerprint density at radius 2 is 1.83 bits per heavy atom. The number of hydrogen-bond donors (Lipinski definition) is 1. The fourth-order valence-electron chi connectivity index (χ4n) is 0.593. The summed E-state index contributed by atoms with van der Waals surface area (Å²) in [6.45, 7) is 8.52. The Morgan fingerprint density at radius 3 is 2.00 bits per heavy atom. The summed E-state index contributed by atoms with van der Waals surface area (Å²) in [6.07, 6.45) is 3.62. The zero-order chi connectivity index (χ0) is 9.98. The standard InChI is InChI=1S/C5H9N3.2C2H6/c1-8-3-2-7-5(8)4-6;2*1-2/h2-3H,4,6H2,1H3;2*1-2H3. The van der Waals surface area contributed by atoms with E-state index in [1.54, 1.807) is 6.20 Å². The van der Waals surface area contributed by atoms with Crippen LogP contribution >= 0.6 is 0 Å². The first-order valence-corrected chi connectivity index (χ1v) is 4.51. The number of nitrogens with two attached hydrogens (primary N) is 1. The molecule has 3 heteroatoms. The van der Waals surface area contributed by atoms with Gasteiger partial charge >= 0.3 is 0 Å². The lowest BCUT2D eigenvalue weighted by Gasteiger charge is -1.92. The Morgan fingerprint density at radius 1 is 1.33 bits per heavy atom. The highest BCUT2D eigenvalue weighted by atomic mass is 15.0. The van der Waals surface area contributed by atoms with Gasteiger partial charge in [0.05, 0.1) is 6.54 Å². The van der Waals surface area contributed by atoms with Gasteiger partial charge in [0, 0.05) is 19.4 Å². The monoisotopic (exact) mass is 171 g/mol. The summed E-state index contributed by atoms with van der Waals surface area (Å²) < 4.78 is 1.90. The van der Waals surface area contributed by atoms with E-state index < -0.39 is 0 Å². The van der Waals surface area contributed by atoms with Crippen LogP contribution in [0.25, 0.3) is 0 Å². The number of nitrogens with zero attached hydrogens (tertiary/aromatic N) is 2. The van der Waals surface area contributed by atoms with Crippen molar-refractivity contribution in [1.82, 2.24) is 9.55 Å². The maximum absolute atomic E-state index is 5.31. The second kappa shape index (κ2) is 10.2. The van der Waals surface area contributed by atoms with Gasteiger partial charge in [0.2, 0.25) is 0 Å². The number of hydrogen-bond acceptors (Lipinski definition) is 2. The highest BCUT2D eigenvalue weighted by Crippen LogP contribution is 1.89. The molecule has 0 aromatic carbocycles. The van der Waals surface area contributed by atoms with Crippen LogP contribution in [0.1, 0.15) is 33.5 Å². The van der Waals surface area contributed by atoms with Gasteiger partial charge in [-0.15, -0.1) is 0 Å². The fraction of sp³-hybridized carbons (Fsp3) is 0.667. The molecule has 0 bridgehead atoms. The van der Waals surface area contributed by atoms with Crippen LogP contribution < -0.4 is 5.73 Å². The normalized spacial score (nSPS) is 7.50. The molecule has 0 radical (unpaired) electrons. The van der Waals surface area contributed by atoms with E-state index in [2.05, 4.69) is 4.98 Å². The predicted octanol–water partition coefficient (Wildman–Crippen LogP) is 1.93. The van der Waals surface area contributed by atoms with E-state index in [0.717, 1.165) is 5.82 Å². The van der Waals surface area contributed by atoms with Crippen LogP contribution in [0.5, 0.6) is 0 Å². The number of aryl methyl sites for hydroxylation is 1. The van der Waals surface area contributed by atoms with E-state index in [9.17, 15) is 0 Å². The summed E-state index contributed by atoms with van der Waals surface area (Å²) in [6, 6.07) is 0. The average Bonchev–Trinajstić information content (AvgIpc) is 2.58. The van der Waals surface area contributed by atoms with Crippen molar-refractivity contribution in [2.24, 2.45) is 12.8 Å². The van der Waals surface area contributed by atoms with Crippen molar-refractivity contribution in [2.45, 2.75) is 34.2 Å². The first-order valence-electron chi connectivity index (χ1n) is 4.51. The van der Waals surface area contributed by atoms with Crippen molar-refractivity contribution in [2.75, 3.05) is 0 Å². The first-order chi connectivity index (χ1) is 5.84. The summed E-state index contributed by atoms with van der Waals surface area (Å²) in [5.74, 6) is 0.921. The van der Waals surface area contributed by atoms with Crippen LogP contribution in [-0.4, -0.2) is 9.55 Å². The highest BCUT2D eigenvalue weighted by Gasteiger charge is 1.90. The van der Waals surface area contributed by atoms with Gasteiger partial charge in [-0.3, -0.25) is 0 Å². The van der Waals surface area contributed by atoms with Gasteiger partial charge in [-0.25, -0.2) is 4.98 Å². The molecular formula is C9H21N3. The van der Waals surface area contributed by atoms with E-state index >= 15 is 0 Å². The minimum atomic E-state index is 0.517. The van der Waals surface area contributed by atoms with E-state index in [0.29, 0.717) is 6.54 Å². The molecule has 1 aromatic heterocycles. The lowest BCUT2D eigenvalue weighted by atomic mass is 10.6. The molecular weight excluding hydrogens is 150 g/mol. The summed E-state index contributed by atoms with van der Waals surface area (Å²) in [5.41, 5.74) is 5.31. The van der Waals surface area contributed by atoms with Crippen LogP contribution in [-0.2, 0) is 13.6 Å². The van der Waals surface area contributed by atoms with Gasteiger partial charge in [0.15, 0.2) is 0 Å². The largest absolute Gasteiger partial charge is 0.337 e. The maximum atomic E-state index is 5.31. The Balaban J connectivity index is 0. The SMILES string of the molecule is CC.CC.Cn1ccnc1CN. The molecule has 0 spiro atoms. The molecule has 3 nitrogen and oxygen atoms in total. The second-order valence-electron chi connectivity index (χ2n) is 1.66. The molecule has 1 heterocycles. The average molecular weight is 171 g/mol. The molecule has 72 valence electrons. The van der Waals surface area contributed by atoms with Gasteiger partial charge in [-0.05, 0) is 0 Å². The third kappa shape index (κ3) is 4.91. The van der Waals surface area contributed by atoms with E-state index in [4.69, 9.17) is 5.73 Å². The van der Waals surface area contributed by atoms with Crippen LogP contribution in [0.2, 0.25) is 0 Å². The first kappa shape index (κ1) is 13.7. The smallest absolute Gasteiger partial charge is 0.122 e.